The molecule has 0 bridgehead atoms. The van der Waals surface area contributed by atoms with E-state index in [4.69, 9.17) is 18.2 Å². The molecule has 5 nitrogen and oxygen atoms in total. The van der Waals surface area contributed by atoms with Crippen molar-refractivity contribution in [3.05, 3.63) is 134 Å². The smallest absolute Gasteiger partial charge is 0.154 e. The minimum Gasteiger partial charge on any atom is -0.456 e. The first kappa shape index (κ1) is 23.5. The van der Waals surface area contributed by atoms with E-state index in [1.807, 2.05) is 60.8 Å². The molecule has 0 aliphatic carbocycles. The predicted molar refractivity (Wildman–Crippen MR) is 178 cm³/mol. The first-order chi connectivity index (χ1) is 21.8. The Hall–Kier alpha value is -6.07. The van der Waals surface area contributed by atoms with Crippen LogP contribution in [0, 0.1) is 0 Å². The maximum Gasteiger partial charge on any atom is 0.154 e. The summed E-state index contributed by atoms with van der Waals surface area (Å²) in [7, 11) is 0. The van der Waals surface area contributed by atoms with Gasteiger partial charge in [0.05, 0.1) is 11.7 Å². The summed E-state index contributed by atoms with van der Waals surface area (Å²) in [6, 6.07) is 43.7. The number of nitrogens with zero attached hydrogens (tertiary/aromatic N) is 2. The molecule has 0 spiro atoms. The van der Waals surface area contributed by atoms with Crippen molar-refractivity contribution in [2.75, 3.05) is 4.90 Å². The van der Waals surface area contributed by atoms with Gasteiger partial charge in [-0.1, -0.05) is 54.6 Å². The molecule has 0 unspecified atom stereocenters. The normalized spacial score (nSPS) is 12.1. The molecule has 0 saturated heterocycles. The van der Waals surface area contributed by atoms with Crippen LogP contribution < -0.4 is 4.90 Å². The third-order valence-corrected chi connectivity index (χ3v) is 8.69. The molecule has 0 aliphatic heterocycles. The van der Waals surface area contributed by atoms with E-state index >= 15 is 0 Å². The van der Waals surface area contributed by atoms with Crippen LogP contribution in [0.25, 0.3) is 76.7 Å². The Morgan fingerprint density at radius 2 is 0.864 bits per heavy atom. The Balaban J connectivity index is 1.24. The van der Waals surface area contributed by atoms with Crippen LogP contribution in [0.2, 0.25) is 0 Å². The van der Waals surface area contributed by atoms with Crippen molar-refractivity contribution >= 4 is 93.8 Å². The van der Waals surface area contributed by atoms with E-state index in [1.165, 1.54) is 0 Å². The molecule has 4 aromatic heterocycles. The summed E-state index contributed by atoms with van der Waals surface area (Å²) in [6.45, 7) is 0. The number of hydrogen-bond donors (Lipinski definition) is 0. The Morgan fingerprint density at radius 3 is 1.50 bits per heavy atom. The van der Waals surface area contributed by atoms with Gasteiger partial charge in [-0.2, -0.15) is 0 Å². The number of para-hydroxylation sites is 3. The Labute approximate surface area is 250 Å². The molecule has 206 valence electrons. The standard InChI is InChI=1S/C39H22N2O3/c1-4-10-33-26(7-1)28-16-13-24(20-36(28)42-33)41(25-14-17-29-27-8-2-5-11-34(27)43-37(29)21-25)23-15-18-32-31(19-23)39-30-9-3-6-12-35(30)44-38(39)22-40-32/h1-22H. The number of aromatic nitrogens is 1. The van der Waals surface area contributed by atoms with Crippen LogP contribution in [0.5, 0.6) is 0 Å². The molecule has 0 saturated carbocycles. The van der Waals surface area contributed by atoms with Crippen LogP contribution in [0.15, 0.2) is 147 Å². The summed E-state index contributed by atoms with van der Waals surface area (Å²) < 4.78 is 18.8. The van der Waals surface area contributed by atoms with E-state index in [1.54, 1.807) is 0 Å². The van der Waals surface area contributed by atoms with E-state index in [-0.39, 0.29) is 0 Å². The predicted octanol–water partition coefficient (Wildman–Crippen LogP) is 11.4. The zero-order chi connectivity index (χ0) is 28.8. The number of rotatable bonds is 3. The SMILES string of the molecule is c1ccc2c(c1)oc1cc(N(c3ccc4c(c3)oc3ccccc34)c3ccc4ncc5oc6ccccc6c5c4c3)ccc12. The lowest BCUT2D eigenvalue weighted by Gasteiger charge is -2.25. The van der Waals surface area contributed by atoms with Crippen LogP contribution in [0.1, 0.15) is 0 Å². The highest BCUT2D eigenvalue weighted by atomic mass is 16.3. The van der Waals surface area contributed by atoms with Gasteiger partial charge < -0.3 is 18.2 Å². The zero-order valence-electron chi connectivity index (χ0n) is 23.3. The van der Waals surface area contributed by atoms with Gasteiger partial charge in [0.1, 0.15) is 27.9 Å². The molecule has 44 heavy (non-hydrogen) atoms. The van der Waals surface area contributed by atoms with Crippen molar-refractivity contribution in [1.29, 1.82) is 0 Å². The molecule has 0 fully saturated rings. The van der Waals surface area contributed by atoms with E-state index < -0.39 is 0 Å². The van der Waals surface area contributed by atoms with Gasteiger partial charge in [-0.05, 0) is 60.7 Å². The summed E-state index contributed by atoms with van der Waals surface area (Å²) >= 11 is 0. The van der Waals surface area contributed by atoms with Crippen molar-refractivity contribution < 1.29 is 13.3 Å². The largest absolute Gasteiger partial charge is 0.456 e. The minimum absolute atomic E-state index is 0.773. The van der Waals surface area contributed by atoms with E-state index in [9.17, 15) is 0 Å². The quantitative estimate of drug-likeness (QED) is 0.213. The van der Waals surface area contributed by atoms with E-state index in [0.29, 0.717) is 0 Å². The molecule has 5 heteroatoms. The van der Waals surface area contributed by atoms with E-state index in [0.717, 1.165) is 93.8 Å². The average molecular weight is 567 g/mol. The van der Waals surface area contributed by atoms with Crippen molar-refractivity contribution in [2.45, 2.75) is 0 Å². The van der Waals surface area contributed by atoms with Gasteiger partial charge in [0.25, 0.3) is 0 Å². The van der Waals surface area contributed by atoms with Gasteiger partial charge in [-0.25, -0.2) is 0 Å². The number of fused-ring (bicyclic) bond motifs is 11. The first-order valence-corrected chi connectivity index (χ1v) is 14.6. The molecule has 0 atom stereocenters. The Kier molecular flexibility index (Phi) is 4.66. The fraction of sp³-hybridized carbons (Fsp3) is 0. The van der Waals surface area contributed by atoms with Crippen molar-refractivity contribution in [3.8, 4) is 0 Å². The van der Waals surface area contributed by atoms with Gasteiger partial charge in [-0.3, -0.25) is 4.98 Å². The highest BCUT2D eigenvalue weighted by molar-refractivity contribution is 6.18. The van der Waals surface area contributed by atoms with Crippen LogP contribution >= 0.6 is 0 Å². The van der Waals surface area contributed by atoms with Crippen LogP contribution in [0.3, 0.4) is 0 Å². The third kappa shape index (κ3) is 3.32. The topological polar surface area (TPSA) is 55.6 Å². The summed E-state index contributed by atoms with van der Waals surface area (Å²) in [5.74, 6) is 0. The number of anilines is 3. The van der Waals surface area contributed by atoms with Crippen LogP contribution in [-0.4, -0.2) is 4.98 Å². The Bertz CT molecular complexity index is 2630. The third-order valence-electron chi connectivity index (χ3n) is 8.69. The minimum atomic E-state index is 0.773. The van der Waals surface area contributed by atoms with Crippen LogP contribution in [0.4, 0.5) is 17.1 Å². The van der Waals surface area contributed by atoms with E-state index in [2.05, 4.69) is 77.7 Å². The lowest BCUT2D eigenvalue weighted by Crippen LogP contribution is -2.09. The molecular formula is C39H22N2O3. The van der Waals surface area contributed by atoms with Gasteiger partial charge in [0, 0.05) is 66.9 Å². The summed E-state index contributed by atoms with van der Waals surface area (Å²) in [4.78, 5) is 6.99. The number of pyridine rings is 1. The lowest BCUT2D eigenvalue weighted by molar-refractivity contribution is 0.667. The summed E-state index contributed by atoms with van der Waals surface area (Å²) in [6.07, 6.45) is 1.82. The second kappa shape index (κ2) is 8.72. The molecule has 10 aromatic rings. The molecule has 0 N–H and O–H groups in total. The fourth-order valence-corrected chi connectivity index (χ4v) is 6.69. The maximum absolute atomic E-state index is 6.32. The number of hydrogen-bond acceptors (Lipinski definition) is 5. The zero-order valence-corrected chi connectivity index (χ0v) is 23.3. The fourth-order valence-electron chi connectivity index (χ4n) is 6.69. The first-order valence-electron chi connectivity index (χ1n) is 14.6. The maximum atomic E-state index is 6.32. The molecule has 6 aromatic carbocycles. The molecule has 0 radical (unpaired) electrons. The highest BCUT2D eigenvalue weighted by Crippen LogP contribution is 2.42. The highest BCUT2D eigenvalue weighted by Gasteiger charge is 2.19. The van der Waals surface area contributed by atoms with Gasteiger partial charge in [0.15, 0.2) is 5.58 Å². The Morgan fingerprint density at radius 1 is 0.386 bits per heavy atom. The van der Waals surface area contributed by atoms with Crippen LogP contribution in [-0.2, 0) is 0 Å². The molecule has 10 rings (SSSR count). The molecular weight excluding hydrogens is 544 g/mol. The lowest BCUT2D eigenvalue weighted by atomic mass is 10.1. The molecule has 0 aliphatic rings. The second-order valence-electron chi connectivity index (χ2n) is 11.2. The summed E-state index contributed by atoms with van der Waals surface area (Å²) in [5, 5.41) is 7.56. The molecule has 0 amide bonds. The monoisotopic (exact) mass is 566 g/mol. The van der Waals surface area contributed by atoms with Crippen molar-refractivity contribution in [1.82, 2.24) is 4.98 Å². The van der Waals surface area contributed by atoms with Gasteiger partial charge >= 0.3 is 0 Å². The summed E-state index contributed by atoms with van der Waals surface area (Å²) in [5.41, 5.74) is 8.90. The molecule has 4 heterocycles. The average Bonchev–Trinajstić information content (AvgIpc) is 3.75. The van der Waals surface area contributed by atoms with Crippen molar-refractivity contribution in [3.63, 3.8) is 0 Å². The van der Waals surface area contributed by atoms with Gasteiger partial charge in [-0.15, -0.1) is 0 Å². The number of benzene rings is 6. The van der Waals surface area contributed by atoms with Crippen molar-refractivity contribution in [2.24, 2.45) is 0 Å². The number of furan rings is 3. The second-order valence-corrected chi connectivity index (χ2v) is 11.2. The van der Waals surface area contributed by atoms with Gasteiger partial charge in [0.2, 0.25) is 0 Å².